The maximum atomic E-state index is 9.45. The topological polar surface area (TPSA) is 20.2 Å². The van der Waals surface area contributed by atoms with Gasteiger partial charge in [-0.3, -0.25) is 0 Å². The Morgan fingerprint density at radius 2 is 1.80 bits per heavy atom. The minimum Gasteiger partial charge on any atom is -0.393 e. The van der Waals surface area contributed by atoms with E-state index in [2.05, 4.69) is 31.2 Å². The first-order valence-corrected chi connectivity index (χ1v) is 5.98. The summed E-state index contributed by atoms with van der Waals surface area (Å²) in [6.07, 6.45) is 5.54. The Morgan fingerprint density at radius 1 is 1.13 bits per heavy atom. The van der Waals surface area contributed by atoms with Gasteiger partial charge in [-0.05, 0) is 56.1 Å². The zero-order valence-corrected chi connectivity index (χ0v) is 9.45. The molecule has 1 saturated carbocycles. The van der Waals surface area contributed by atoms with Crippen molar-refractivity contribution >= 4 is 0 Å². The van der Waals surface area contributed by atoms with Gasteiger partial charge in [0, 0.05) is 0 Å². The molecule has 1 fully saturated rings. The lowest BCUT2D eigenvalue weighted by Crippen LogP contribution is -2.19. The maximum absolute atomic E-state index is 9.45. The molecule has 0 aliphatic heterocycles. The zero-order chi connectivity index (χ0) is 10.7. The molecule has 0 atom stereocenters. The zero-order valence-electron chi connectivity index (χ0n) is 9.45. The van der Waals surface area contributed by atoms with Crippen molar-refractivity contribution < 1.29 is 5.11 Å². The van der Waals surface area contributed by atoms with Crippen LogP contribution in [0.2, 0.25) is 0 Å². The standard InChI is InChI=1S/C14H20O/c1-11-4-2-3-5-13(11)10-12-6-8-14(15)9-7-12/h2-5,12,14-15H,6-10H2,1H3. The van der Waals surface area contributed by atoms with Crippen molar-refractivity contribution in [1.29, 1.82) is 0 Å². The first-order valence-electron chi connectivity index (χ1n) is 5.98. The highest BCUT2D eigenvalue weighted by Gasteiger charge is 2.19. The van der Waals surface area contributed by atoms with Crippen LogP contribution in [0.25, 0.3) is 0 Å². The van der Waals surface area contributed by atoms with Gasteiger partial charge in [-0.2, -0.15) is 0 Å². The van der Waals surface area contributed by atoms with Crippen LogP contribution in [0.1, 0.15) is 36.8 Å². The van der Waals surface area contributed by atoms with E-state index in [1.165, 1.54) is 30.4 Å². The Bertz CT molecular complexity index is 311. The highest BCUT2D eigenvalue weighted by atomic mass is 16.3. The average Bonchev–Trinajstić information content (AvgIpc) is 2.25. The van der Waals surface area contributed by atoms with Crippen LogP contribution in [0.4, 0.5) is 0 Å². The summed E-state index contributed by atoms with van der Waals surface area (Å²) in [4.78, 5) is 0. The third-order valence-electron chi connectivity index (χ3n) is 3.59. The first-order chi connectivity index (χ1) is 7.25. The molecular formula is C14H20O. The minimum absolute atomic E-state index is 0.0295. The summed E-state index contributed by atoms with van der Waals surface area (Å²) in [6, 6.07) is 8.65. The molecule has 15 heavy (non-hydrogen) atoms. The number of aliphatic hydroxyl groups is 1. The lowest BCUT2D eigenvalue weighted by atomic mass is 9.83. The molecule has 0 radical (unpaired) electrons. The summed E-state index contributed by atoms with van der Waals surface area (Å²) in [5.41, 5.74) is 2.89. The minimum atomic E-state index is -0.0295. The largest absolute Gasteiger partial charge is 0.393 e. The van der Waals surface area contributed by atoms with E-state index < -0.39 is 0 Å². The quantitative estimate of drug-likeness (QED) is 0.785. The van der Waals surface area contributed by atoms with Crippen molar-refractivity contribution in [3.63, 3.8) is 0 Å². The summed E-state index contributed by atoms with van der Waals surface area (Å²) in [7, 11) is 0. The first kappa shape index (κ1) is 10.7. The van der Waals surface area contributed by atoms with E-state index in [1.807, 2.05) is 0 Å². The molecule has 1 aliphatic carbocycles. The second-order valence-electron chi connectivity index (χ2n) is 4.81. The third-order valence-corrected chi connectivity index (χ3v) is 3.59. The molecule has 2 rings (SSSR count). The van der Waals surface area contributed by atoms with Gasteiger partial charge in [0.25, 0.3) is 0 Å². The molecule has 1 heteroatoms. The molecule has 0 heterocycles. The van der Waals surface area contributed by atoms with Crippen molar-refractivity contribution in [2.45, 2.75) is 45.1 Å². The molecule has 1 aromatic rings. The number of aliphatic hydroxyl groups excluding tert-OH is 1. The number of hydrogen-bond donors (Lipinski definition) is 1. The molecule has 0 amide bonds. The fraction of sp³-hybridized carbons (Fsp3) is 0.571. The summed E-state index contributed by atoms with van der Waals surface area (Å²) in [5, 5.41) is 9.45. The van der Waals surface area contributed by atoms with Gasteiger partial charge in [0.05, 0.1) is 6.10 Å². The van der Waals surface area contributed by atoms with Gasteiger partial charge in [0.2, 0.25) is 0 Å². The van der Waals surface area contributed by atoms with Crippen molar-refractivity contribution in [3.05, 3.63) is 35.4 Å². The smallest absolute Gasteiger partial charge is 0.0540 e. The van der Waals surface area contributed by atoms with Crippen molar-refractivity contribution in [1.82, 2.24) is 0 Å². The molecule has 0 spiro atoms. The second kappa shape index (κ2) is 4.80. The van der Waals surface area contributed by atoms with Gasteiger partial charge < -0.3 is 5.11 Å². The van der Waals surface area contributed by atoms with E-state index >= 15 is 0 Å². The Labute approximate surface area is 92.1 Å². The Kier molecular flexibility index (Phi) is 3.42. The molecule has 0 aromatic heterocycles. The van der Waals surface area contributed by atoms with E-state index in [0.29, 0.717) is 0 Å². The summed E-state index contributed by atoms with van der Waals surface area (Å²) in [6.45, 7) is 2.19. The Hall–Kier alpha value is -0.820. The van der Waals surface area contributed by atoms with Crippen LogP contribution in [0, 0.1) is 12.8 Å². The summed E-state index contributed by atoms with van der Waals surface area (Å²) < 4.78 is 0. The molecule has 82 valence electrons. The van der Waals surface area contributed by atoms with E-state index in [1.54, 1.807) is 0 Å². The SMILES string of the molecule is Cc1ccccc1CC1CCC(O)CC1. The molecular weight excluding hydrogens is 184 g/mol. The van der Waals surface area contributed by atoms with Gasteiger partial charge in [-0.1, -0.05) is 24.3 Å². The highest BCUT2D eigenvalue weighted by Crippen LogP contribution is 2.27. The fourth-order valence-electron chi connectivity index (χ4n) is 2.50. The lowest BCUT2D eigenvalue weighted by Gasteiger charge is -2.25. The third kappa shape index (κ3) is 2.82. The fourth-order valence-corrected chi connectivity index (χ4v) is 2.50. The van der Waals surface area contributed by atoms with Crippen LogP contribution in [0.15, 0.2) is 24.3 Å². The van der Waals surface area contributed by atoms with Crippen LogP contribution >= 0.6 is 0 Å². The molecule has 1 N–H and O–H groups in total. The van der Waals surface area contributed by atoms with E-state index in [4.69, 9.17) is 0 Å². The highest BCUT2D eigenvalue weighted by molar-refractivity contribution is 5.25. The monoisotopic (exact) mass is 204 g/mol. The average molecular weight is 204 g/mol. The van der Waals surface area contributed by atoms with Crippen LogP contribution in [-0.2, 0) is 6.42 Å². The molecule has 1 nitrogen and oxygen atoms in total. The normalized spacial score (nSPS) is 26.5. The molecule has 0 saturated heterocycles. The molecule has 0 unspecified atom stereocenters. The second-order valence-corrected chi connectivity index (χ2v) is 4.81. The predicted octanol–water partition coefficient (Wildman–Crippen LogP) is 3.09. The van der Waals surface area contributed by atoms with Gasteiger partial charge in [0.15, 0.2) is 0 Å². The van der Waals surface area contributed by atoms with E-state index in [-0.39, 0.29) is 6.10 Å². The number of rotatable bonds is 2. The Balaban J connectivity index is 1.95. The van der Waals surface area contributed by atoms with Crippen LogP contribution in [0.3, 0.4) is 0 Å². The summed E-state index contributed by atoms with van der Waals surface area (Å²) >= 11 is 0. The summed E-state index contributed by atoms with van der Waals surface area (Å²) in [5.74, 6) is 0.787. The predicted molar refractivity (Wildman–Crippen MR) is 62.8 cm³/mol. The van der Waals surface area contributed by atoms with E-state index in [9.17, 15) is 5.11 Å². The molecule has 0 bridgehead atoms. The van der Waals surface area contributed by atoms with Gasteiger partial charge in [-0.15, -0.1) is 0 Å². The van der Waals surface area contributed by atoms with Crippen molar-refractivity contribution in [2.24, 2.45) is 5.92 Å². The number of aryl methyl sites for hydroxylation is 1. The number of benzene rings is 1. The molecule has 1 aliphatic rings. The van der Waals surface area contributed by atoms with Crippen molar-refractivity contribution in [3.8, 4) is 0 Å². The maximum Gasteiger partial charge on any atom is 0.0540 e. The van der Waals surface area contributed by atoms with Crippen LogP contribution in [0.5, 0.6) is 0 Å². The van der Waals surface area contributed by atoms with Gasteiger partial charge >= 0.3 is 0 Å². The van der Waals surface area contributed by atoms with Gasteiger partial charge in [0.1, 0.15) is 0 Å². The molecule has 1 aromatic carbocycles. The lowest BCUT2D eigenvalue weighted by molar-refractivity contribution is 0.108. The number of hydrogen-bond acceptors (Lipinski definition) is 1. The Morgan fingerprint density at radius 3 is 2.47 bits per heavy atom. The van der Waals surface area contributed by atoms with Gasteiger partial charge in [-0.25, -0.2) is 0 Å². The van der Waals surface area contributed by atoms with E-state index in [0.717, 1.165) is 18.8 Å². The van der Waals surface area contributed by atoms with Crippen LogP contribution in [-0.4, -0.2) is 11.2 Å². The van der Waals surface area contributed by atoms with Crippen LogP contribution < -0.4 is 0 Å². The van der Waals surface area contributed by atoms with Crippen molar-refractivity contribution in [2.75, 3.05) is 0 Å².